The van der Waals surface area contributed by atoms with Crippen LogP contribution >= 0.6 is 0 Å². The molecule has 0 spiro atoms. The molecule has 0 unspecified atom stereocenters. The number of para-hydroxylation sites is 1. The van der Waals surface area contributed by atoms with Gasteiger partial charge >= 0.3 is 0 Å². The molecular weight excluding hydrogens is 302 g/mol. The van der Waals surface area contributed by atoms with Gasteiger partial charge < -0.3 is 14.8 Å². The molecule has 3 aromatic rings. The first kappa shape index (κ1) is 13.4. The maximum absolute atomic E-state index is 12.8. The van der Waals surface area contributed by atoms with Gasteiger partial charge in [0.15, 0.2) is 11.5 Å². The number of nitrogens with one attached hydrogen (secondary N) is 1. The average Bonchev–Trinajstić information content (AvgIpc) is 3.25. The van der Waals surface area contributed by atoms with Crippen molar-refractivity contribution >= 4 is 22.4 Å². The van der Waals surface area contributed by atoms with Crippen LogP contribution in [0.4, 0.5) is 5.69 Å². The third-order valence-corrected chi connectivity index (χ3v) is 4.77. The van der Waals surface area contributed by atoms with Crippen LogP contribution in [0.2, 0.25) is 0 Å². The lowest BCUT2D eigenvalue weighted by molar-refractivity contribution is 0.102. The van der Waals surface area contributed by atoms with Gasteiger partial charge in [-0.1, -0.05) is 30.3 Å². The van der Waals surface area contributed by atoms with Crippen LogP contribution in [0.25, 0.3) is 10.8 Å². The summed E-state index contributed by atoms with van der Waals surface area (Å²) < 4.78 is 10.8. The summed E-state index contributed by atoms with van der Waals surface area (Å²) in [5.41, 5.74) is 4.04. The van der Waals surface area contributed by atoms with Gasteiger partial charge in [0.05, 0.1) is 5.56 Å². The van der Waals surface area contributed by atoms with E-state index in [-0.39, 0.29) is 12.7 Å². The van der Waals surface area contributed by atoms with Crippen molar-refractivity contribution < 1.29 is 14.3 Å². The molecule has 2 aliphatic rings. The fourth-order valence-corrected chi connectivity index (χ4v) is 3.65. The third-order valence-electron chi connectivity index (χ3n) is 4.77. The second-order valence-electron chi connectivity index (χ2n) is 6.11. The molecule has 4 heteroatoms. The summed E-state index contributed by atoms with van der Waals surface area (Å²) in [5.74, 6) is 0.944. The van der Waals surface area contributed by atoms with Crippen molar-refractivity contribution in [3.05, 3.63) is 65.2 Å². The molecule has 0 fully saturated rings. The molecular formula is C20H15NO3. The van der Waals surface area contributed by atoms with E-state index in [2.05, 4.69) is 29.6 Å². The molecule has 1 aliphatic heterocycles. The Morgan fingerprint density at radius 1 is 0.917 bits per heavy atom. The average molecular weight is 317 g/mol. The summed E-state index contributed by atoms with van der Waals surface area (Å²) in [6.07, 6.45) is 2.14. The molecule has 0 saturated heterocycles. The Bertz CT molecular complexity index is 983. The summed E-state index contributed by atoms with van der Waals surface area (Å²) in [7, 11) is 0. The third kappa shape index (κ3) is 1.89. The molecule has 1 amide bonds. The molecule has 0 radical (unpaired) electrons. The zero-order chi connectivity index (χ0) is 16.1. The van der Waals surface area contributed by atoms with Crippen molar-refractivity contribution in [2.75, 3.05) is 12.1 Å². The number of amides is 1. The van der Waals surface area contributed by atoms with Crippen LogP contribution in [0, 0.1) is 0 Å². The van der Waals surface area contributed by atoms with Gasteiger partial charge in [-0.2, -0.15) is 0 Å². The lowest BCUT2D eigenvalue weighted by Gasteiger charge is -2.11. The van der Waals surface area contributed by atoms with Crippen LogP contribution in [0.5, 0.6) is 11.5 Å². The molecule has 1 heterocycles. The number of fused-ring (bicyclic) bond motifs is 1. The largest absolute Gasteiger partial charge is 0.454 e. The highest BCUT2D eigenvalue weighted by atomic mass is 16.7. The minimum Gasteiger partial charge on any atom is -0.454 e. The van der Waals surface area contributed by atoms with E-state index in [0.29, 0.717) is 17.1 Å². The van der Waals surface area contributed by atoms with Gasteiger partial charge in [-0.3, -0.25) is 4.79 Å². The summed E-state index contributed by atoms with van der Waals surface area (Å²) >= 11 is 0. The zero-order valence-corrected chi connectivity index (χ0v) is 13.0. The van der Waals surface area contributed by atoms with Crippen LogP contribution in [-0.2, 0) is 12.8 Å². The Morgan fingerprint density at radius 2 is 1.75 bits per heavy atom. The highest BCUT2D eigenvalue weighted by Crippen LogP contribution is 2.37. The second-order valence-corrected chi connectivity index (χ2v) is 6.11. The molecule has 0 bridgehead atoms. The topological polar surface area (TPSA) is 47.6 Å². The maximum atomic E-state index is 12.8. The monoisotopic (exact) mass is 317 g/mol. The van der Waals surface area contributed by atoms with Crippen molar-refractivity contribution in [3.8, 4) is 11.5 Å². The number of carbonyl (C=O) groups is 1. The Morgan fingerprint density at radius 3 is 2.67 bits per heavy atom. The van der Waals surface area contributed by atoms with E-state index in [1.807, 2.05) is 6.07 Å². The molecule has 5 rings (SSSR count). The van der Waals surface area contributed by atoms with Gasteiger partial charge in [0, 0.05) is 11.1 Å². The quantitative estimate of drug-likeness (QED) is 0.779. The van der Waals surface area contributed by atoms with Crippen LogP contribution in [-0.4, -0.2) is 12.7 Å². The van der Waals surface area contributed by atoms with E-state index >= 15 is 0 Å². The molecule has 1 N–H and O–H groups in total. The smallest absolute Gasteiger partial charge is 0.259 e. The number of rotatable bonds is 2. The predicted octanol–water partition coefficient (Wildman–Crippen LogP) is 3.92. The van der Waals surface area contributed by atoms with Gasteiger partial charge in [0.25, 0.3) is 5.91 Å². The first-order valence-electron chi connectivity index (χ1n) is 8.05. The van der Waals surface area contributed by atoms with E-state index in [1.54, 1.807) is 18.2 Å². The summed E-state index contributed by atoms with van der Waals surface area (Å²) in [6.45, 7) is 0.153. The Hall–Kier alpha value is -3.01. The molecule has 118 valence electrons. The van der Waals surface area contributed by atoms with E-state index in [1.165, 1.54) is 16.5 Å². The summed E-state index contributed by atoms with van der Waals surface area (Å²) in [6, 6.07) is 15.8. The molecule has 0 aromatic heterocycles. The lowest BCUT2D eigenvalue weighted by atomic mass is 10.0. The fourth-order valence-electron chi connectivity index (χ4n) is 3.65. The maximum Gasteiger partial charge on any atom is 0.259 e. The number of carbonyl (C=O) groups excluding carboxylic acids is 1. The Kier molecular flexibility index (Phi) is 2.80. The first-order valence-corrected chi connectivity index (χ1v) is 8.05. The minimum absolute atomic E-state index is 0.153. The number of ether oxygens (including phenoxy) is 2. The number of aryl methyl sites for hydroxylation is 2. The number of anilines is 1. The first-order chi connectivity index (χ1) is 11.8. The second kappa shape index (κ2) is 4.99. The fraction of sp³-hybridized carbons (Fsp3) is 0.150. The van der Waals surface area contributed by atoms with Crippen molar-refractivity contribution in [3.63, 3.8) is 0 Å². The van der Waals surface area contributed by atoms with Crippen molar-refractivity contribution in [1.82, 2.24) is 0 Å². The van der Waals surface area contributed by atoms with Crippen molar-refractivity contribution in [1.29, 1.82) is 0 Å². The predicted molar refractivity (Wildman–Crippen MR) is 91.9 cm³/mol. The van der Waals surface area contributed by atoms with Gasteiger partial charge in [-0.05, 0) is 47.6 Å². The number of hydrogen-bond acceptors (Lipinski definition) is 3. The summed E-state index contributed by atoms with van der Waals surface area (Å²) in [5, 5.41) is 5.42. The van der Waals surface area contributed by atoms with Crippen molar-refractivity contribution in [2.24, 2.45) is 0 Å². The van der Waals surface area contributed by atoms with Crippen LogP contribution in [0.3, 0.4) is 0 Å². The van der Waals surface area contributed by atoms with E-state index in [9.17, 15) is 4.79 Å². The minimum atomic E-state index is -0.184. The molecule has 24 heavy (non-hydrogen) atoms. The zero-order valence-electron chi connectivity index (χ0n) is 13.0. The molecule has 3 aromatic carbocycles. The van der Waals surface area contributed by atoms with Crippen molar-refractivity contribution in [2.45, 2.75) is 12.8 Å². The van der Waals surface area contributed by atoms with Crippen LogP contribution in [0.1, 0.15) is 21.5 Å². The Labute approximate surface area is 139 Å². The Balaban J connectivity index is 1.57. The van der Waals surface area contributed by atoms with Gasteiger partial charge in [0.2, 0.25) is 6.79 Å². The summed E-state index contributed by atoms with van der Waals surface area (Å²) in [4.78, 5) is 12.8. The number of benzene rings is 3. The van der Waals surface area contributed by atoms with Crippen LogP contribution in [0.15, 0.2) is 48.5 Å². The molecule has 0 atom stereocenters. The van der Waals surface area contributed by atoms with E-state index < -0.39 is 0 Å². The highest BCUT2D eigenvalue weighted by molar-refractivity contribution is 6.11. The van der Waals surface area contributed by atoms with E-state index in [0.717, 1.165) is 23.9 Å². The molecule has 1 aliphatic carbocycles. The molecule has 4 nitrogen and oxygen atoms in total. The highest BCUT2D eigenvalue weighted by Gasteiger charge is 2.23. The van der Waals surface area contributed by atoms with Crippen LogP contribution < -0.4 is 14.8 Å². The standard InChI is InChI=1S/C20H15NO3/c22-20(15-5-2-6-17-19(15)24-11-23-17)21-16-10-9-13-8-7-12-3-1-4-14(16)18(12)13/h1-6,9-10H,7-8,11H2,(H,21,22). The normalized spacial score (nSPS) is 14.2. The van der Waals surface area contributed by atoms with E-state index in [4.69, 9.17) is 9.47 Å². The SMILES string of the molecule is O=C(Nc1ccc2c3c(cccc13)CC2)c1cccc2c1OCO2. The van der Waals surface area contributed by atoms with Gasteiger partial charge in [-0.25, -0.2) is 0 Å². The van der Waals surface area contributed by atoms with Gasteiger partial charge in [-0.15, -0.1) is 0 Å². The lowest BCUT2D eigenvalue weighted by Crippen LogP contribution is -2.13. The molecule has 0 saturated carbocycles. The number of hydrogen-bond donors (Lipinski definition) is 1. The van der Waals surface area contributed by atoms with Gasteiger partial charge in [0.1, 0.15) is 0 Å².